The van der Waals surface area contributed by atoms with Gasteiger partial charge >= 0.3 is 0 Å². The molecule has 3 rings (SSSR count). The van der Waals surface area contributed by atoms with E-state index in [-0.39, 0.29) is 42.9 Å². The maximum absolute atomic E-state index is 12.3. The number of piperidine rings is 1. The zero-order chi connectivity index (χ0) is 16.1. The van der Waals surface area contributed by atoms with Crippen LogP contribution in [0.4, 0.5) is 0 Å². The third-order valence-electron chi connectivity index (χ3n) is 4.83. The van der Waals surface area contributed by atoms with E-state index >= 15 is 0 Å². The van der Waals surface area contributed by atoms with Crippen LogP contribution in [0.3, 0.4) is 0 Å². The number of nitrogens with one attached hydrogen (secondary N) is 2. The molecule has 2 saturated heterocycles. The number of hydrogen-bond acceptors (Lipinski definition) is 5. The standard InChI is InChI=1S/C17H27N3O2S.2ClH/c1-13-16(18-6-9-22-13)17(21)19-11-14-4-7-20(8-5-14)12-15-3-2-10-23-15;;/h2-3,10,13-14,16,18H,4-9,11-12H2,1H3,(H,19,21);2*1H/t13-,16+;;/m1../s1. The summed E-state index contributed by atoms with van der Waals surface area (Å²) in [6.07, 6.45) is 2.28. The highest BCUT2D eigenvalue weighted by Crippen LogP contribution is 2.20. The van der Waals surface area contributed by atoms with E-state index in [4.69, 9.17) is 4.74 Å². The monoisotopic (exact) mass is 409 g/mol. The second kappa shape index (κ2) is 11.4. The fraction of sp³-hybridized carbons (Fsp3) is 0.706. The zero-order valence-electron chi connectivity index (χ0n) is 14.6. The van der Waals surface area contributed by atoms with E-state index < -0.39 is 0 Å². The highest BCUT2D eigenvalue weighted by atomic mass is 35.5. The lowest BCUT2D eigenvalue weighted by Gasteiger charge is -2.33. The minimum absolute atomic E-state index is 0. The van der Waals surface area contributed by atoms with E-state index in [2.05, 4.69) is 33.0 Å². The number of carbonyl (C=O) groups is 1. The van der Waals surface area contributed by atoms with E-state index in [0.29, 0.717) is 12.5 Å². The summed E-state index contributed by atoms with van der Waals surface area (Å²) < 4.78 is 5.54. The van der Waals surface area contributed by atoms with Gasteiger partial charge in [-0.3, -0.25) is 9.69 Å². The Labute approximate surface area is 166 Å². The molecule has 0 unspecified atom stereocenters. The molecular weight excluding hydrogens is 381 g/mol. The van der Waals surface area contributed by atoms with Crippen LogP contribution in [0.1, 0.15) is 24.6 Å². The number of nitrogens with zero attached hydrogens (tertiary/aromatic N) is 1. The maximum atomic E-state index is 12.3. The molecule has 5 nitrogen and oxygen atoms in total. The number of likely N-dealkylation sites (tertiary alicyclic amines) is 1. The Morgan fingerprint density at radius 2 is 2.16 bits per heavy atom. The van der Waals surface area contributed by atoms with E-state index in [9.17, 15) is 4.79 Å². The molecule has 1 amide bonds. The van der Waals surface area contributed by atoms with Crippen LogP contribution >= 0.6 is 36.2 Å². The Hall–Kier alpha value is -0.370. The molecule has 2 aliphatic rings. The number of rotatable bonds is 5. The van der Waals surface area contributed by atoms with E-state index in [0.717, 1.165) is 45.6 Å². The van der Waals surface area contributed by atoms with Crippen molar-refractivity contribution in [2.45, 2.75) is 38.5 Å². The molecule has 2 atom stereocenters. The van der Waals surface area contributed by atoms with Gasteiger partial charge < -0.3 is 15.4 Å². The third kappa shape index (κ3) is 6.70. The van der Waals surface area contributed by atoms with Gasteiger partial charge in [-0.05, 0) is 50.2 Å². The molecular formula is C17H29Cl2N3O2S. The molecule has 2 fully saturated rings. The SMILES string of the molecule is C[C@H]1OCCN[C@@H]1C(=O)NCC1CCN(Cc2cccs2)CC1.Cl.Cl. The minimum Gasteiger partial charge on any atom is -0.375 e. The van der Waals surface area contributed by atoms with E-state index in [1.807, 2.05) is 18.3 Å². The maximum Gasteiger partial charge on any atom is 0.239 e. The third-order valence-corrected chi connectivity index (χ3v) is 5.69. The predicted molar refractivity (Wildman–Crippen MR) is 107 cm³/mol. The van der Waals surface area contributed by atoms with Gasteiger partial charge in [0.05, 0.1) is 12.7 Å². The average molecular weight is 410 g/mol. The molecule has 25 heavy (non-hydrogen) atoms. The molecule has 8 heteroatoms. The van der Waals surface area contributed by atoms with Gasteiger partial charge in [-0.1, -0.05) is 6.07 Å². The zero-order valence-corrected chi connectivity index (χ0v) is 17.1. The molecule has 2 aliphatic heterocycles. The van der Waals surface area contributed by atoms with Gasteiger partial charge in [0.25, 0.3) is 0 Å². The first-order valence-corrected chi connectivity index (χ1v) is 9.48. The predicted octanol–water partition coefficient (Wildman–Crippen LogP) is 2.30. The van der Waals surface area contributed by atoms with Crippen LogP contribution in [0.2, 0.25) is 0 Å². The number of morpholine rings is 1. The lowest BCUT2D eigenvalue weighted by Crippen LogP contribution is -2.56. The first-order valence-electron chi connectivity index (χ1n) is 8.60. The fourth-order valence-corrected chi connectivity index (χ4v) is 4.10. The van der Waals surface area contributed by atoms with Crippen LogP contribution in [0.25, 0.3) is 0 Å². The highest BCUT2D eigenvalue weighted by molar-refractivity contribution is 7.09. The van der Waals surface area contributed by atoms with Gasteiger partial charge in [0, 0.05) is 24.5 Å². The van der Waals surface area contributed by atoms with Gasteiger partial charge in [0.15, 0.2) is 0 Å². The highest BCUT2D eigenvalue weighted by Gasteiger charge is 2.29. The summed E-state index contributed by atoms with van der Waals surface area (Å²) >= 11 is 1.83. The Morgan fingerprint density at radius 1 is 1.40 bits per heavy atom. The van der Waals surface area contributed by atoms with Gasteiger partial charge in [-0.25, -0.2) is 0 Å². The van der Waals surface area contributed by atoms with Gasteiger partial charge in [-0.15, -0.1) is 36.2 Å². The molecule has 1 aromatic heterocycles. The normalized spacial score (nSPS) is 24.8. The molecule has 144 valence electrons. The molecule has 1 aromatic rings. The topological polar surface area (TPSA) is 53.6 Å². The van der Waals surface area contributed by atoms with Gasteiger partial charge in [-0.2, -0.15) is 0 Å². The van der Waals surface area contributed by atoms with Crippen molar-refractivity contribution < 1.29 is 9.53 Å². The quantitative estimate of drug-likeness (QED) is 0.782. The molecule has 0 radical (unpaired) electrons. The molecule has 3 heterocycles. The molecule has 2 N–H and O–H groups in total. The Balaban J connectivity index is 0.00000156. The van der Waals surface area contributed by atoms with E-state index in [1.54, 1.807) is 0 Å². The number of hydrogen-bond donors (Lipinski definition) is 2. The van der Waals surface area contributed by atoms with Gasteiger partial charge in [0.1, 0.15) is 6.04 Å². The summed E-state index contributed by atoms with van der Waals surface area (Å²) in [7, 11) is 0. The largest absolute Gasteiger partial charge is 0.375 e. The van der Waals surface area contributed by atoms with Crippen LogP contribution in [-0.2, 0) is 16.1 Å². The lowest BCUT2D eigenvalue weighted by atomic mass is 9.96. The number of ether oxygens (including phenoxy) is 1. The molecule has 0 saturated carbocycles. The van der Waals surface area contributed by atoms with Crippen LogP contribution in [-0.4, -0.2) is 55.7 Å². The lowest BCUT2D eigenvalue weighted by molar-refractivity contribution is -0.129. The van der Waals surface area contributed by atoms with Crippen molar-refractivity contribution in [3.05, 3.63) is 22.4 Å². The summed E-state index contributed by atoms with van der Waals surface area (Å²) in [6.45, 7) is 7.50. The van der Waals surface area contributed by atoms with Gasteiger partial charge in [0.2, 0.25) is 5.91 Å². The van der Waals surface area contributed by atoms with E-state index in [1.165, 1.54) is 4.88 Å². The second-order valence-electron chi connectivity index (χ2n) is 6.55. The van der Waals surface area contributed by atoms with Crippen molar-refractivity contribution in [3.8, 4) is 0 Å². The second-order valence-corrected chi connectivity index (χ2v) is 7.58. The molecule has 0 spiro atoms. The van der Waals surface area contributed by atoms with Crippen LogP contribution in [0, 0.1) is 5.92 Å². The summed E-state index contributed by atoms with van der Waals surface area (Å²) in [5.74, 6) is 0.677. The smallest absolute Gasteiger partial charge is 0.239 e. The van der Waals surface area contributed by atoms with Crippen LogP contribution in [0.15, 0.2) is 17.5 Å². The molecule has 0 aliphatic carbocycles. The number of halogens is 2. The van der Waals surface area contributed by atoms with Crippen molar-refractivity contribution in [2.75, 3.05) is 32.8 Å². The minimum atomic E-state index is -0.206. The first-order chi connectivity index (χ1) is 11.2. The Kier molecular flexibility index (Phi) is 10.3. The summed E-state index contributed by atoms with van der Waals surface area (Å²) in [5, 5.41) is 8.50. The van der Waals surface area contributed by atoms with Crippen molar-refractivity contribution in [2.24, 2.45) is 5.92 Å². The Morgan fingerprint density at radius 3 is 2.80 bits per heavy atom. The van der Waals surface area contributed by atoms with Crippen LogP contribution in [0.5, 0.6) is 0 Å². The number of thiophene rings is 1. The first kappa shape index (κ1) is 22.7. The molecule has 0 aromatic carbocycles. The van der Waals surface area contributed by atoms with Crippen molar-refractivity contribution in [3.63, 3.8) is 0 Å². The van der Waals surface area contributed by atoms with Crippen molar-refractivity contribution >= 4 is 42.1 Å². The number of amides is 1. The average Bonchev–Trinajstić information content (AvgIpc) is 3.07. The Bertz CT molecular complexity index is 496. The van der Waals surface area contributed by atoms with Crippen molar-refractivity contribution in [1.29, 1.82) is 0 Å². The fourth-order valence-electron chi connectivity index (χ4n) is 3.35. The summed E-state index contributed by atoms with van der Waals surface area (Å²) in [4.78, 5) is 16.2. The number of carbonyl (C=O) groups excluding carboxylic acids is 1. The van der Waals surface area contributed by atoms with Crippen molar-refractivity contribution in [1.82, 2.24) is 15.5 Å². The summed E-state index contributed by atoms with van der Waals surface area (Å²) in [5.41, 5.74) is 0. The van der Waals surface area contributed by atoms with Crippen LogP contribution < -0.4 is 10.6 Å². The summed E-state index contributed by atoms with van der Waals surface area (Å²) in [6, 6.07) is 4.12. The molecule has 0 bridgehead atoms.